The minimum Gasteiger partial charge on any atom is -0.480 e. The van der Waals surface area contributed by atoms with Gasteiger partial charge in [0, 0.05) is 12.2 Å². The summed E-state index contributed by atoms with van der Waals surface area (Å²) >= 11 is 3.95. The molecule has 154 valence electrons. The first-order valence-electron chi connectivity index (χ1n) is 9.18. The average Bonchev–Trinajstić information content (AvgIpc) is 2.72. The number of aliphatic carboxylic acids is 1. The van der Waals surface area contributed by atoms with Gasteiger partial charge < -0.3 is 21.5 Å². The normalized spacial score (nSPS) is 13.7. The fourth-order valence-electron chi connectivity index (χ4n) is 2.76. The van der Waals surface area contributed by atoms with Gasteiger partial charge in [-0.1, -0.05) is 60.7 Å². The Labute approximate surface area is 175 Å². The SMILES string of the molecule is N[C@H](Cc1ccccc1)C(=O)N[C@H](Cc1ccccc1)C(=O)N[C@H](CS)C(=O)O. The van der Waals surface area contributed by atoms with Crippen LogP contribution in [0.1, 0.15) is 11.1 Å². The highest BCUT2D eigenvalue weighted by Crippen LogP contribution is 2.06. The number of carboxylic acids is 1. The van der Waals surface area contributed by atoms with E-state index in [1.165, 1.54) is 0 Å². The van der Waals surface area contributed by atoms with Gasteiger partial charge in [0.2, 0.25) is 11.8 Å². The van der Waals surface area contributed by atoms with E-state index in [2.05, 4.69) is 23.3 Å². The lowest BCUT2D eigenvalue weighted by molar-refractivity contribution is -0.141. The first kappa shape index (κ1) is 22.4. The van der Waals surface area contributed by atoms with Crippen LogP contribution in [0, 0.1) is 0 Å². The highest BCUT2D eigenvalue weighted by atomic mass is 32.1. The Bertz CT molecular complexity index is 817. The van der Waals surface area contributed by atoms with Crippen LogP contribution in [0.3, 0.4) is 0 Å². The molecular weight excluding hydrogens is 390 g/mol. The van der Waals surface area contributed by atoms with Crippen molar-refractivity contribution in [1.82, 2.24) is 10.6 Å². The van der Waals surface area contributed by atoms with E-state index in [4.69, 9.17) is 10.8 Å². The number of hydrogen-bond acceptors (Lipinski definition) is 5. The number of nitrogens with two attached hydrogens (primary N) is 1. The zero-order valence-electron chi connectivity index (χ0n) is 15.8. The lowest BCUT2D eigenvalue weighted by atomic mass is 10.0. The summed E-state index contributed by atoms with van der Waals surface area (Å²) in [5.41, 5.74) is 7.74. The van der Waals surface area contributed by atoms with E-state index in [1.54, 1.807) is 0 Å². The number of rotatable bonds is 10. The second-order valence-electron chi connectivity index (χ2n) is 6.63. The molecule has 0 heterocycles. The number of hydrogen-bond donors (Lipinski definition) is 5. The van der Waals surface area contributed by atoms with E-state index in [0.717, 1.165) is 11.1 Å². The Kier molecular flexibility index (Phi) is 8.69. The Hall–Kier alpha value is -2.84. The molecule has 0 radical (unpaired) electrons. The molecule has 2 rings (SSSR count). The number of amides is 2. The van der Waals surface area contributed by atoms with Gasteiger partial charge >= 0.3 is 5.97 Å². The molecule has 0 spiro atoms. The Morgan fingerprint density at radius 1 is 0.828 bits per heavy atom. The highest BCUT2D eigenvalue weighted by Gasteiger charge is 2.27. The molecule has 0 saturated carbocycles. The largest absolute Gasteiger partial charge is 0.480 e. The van der Waals surface area contributed by atoms with Gasteiger partial charge in [-0.2, -0.15) is 12.6 Å². The van der Waals surface area contributed by atoms with Crippen molar-refractivity contribution >= 4 is 30.4 Å². The van der Waals surface area contributed by atoms with E-state index < -0.39 is 35.9 Å². The van der Waals surface area contributed by atoms with Crippen LogP contribution in [0.25, 0.3) is 0 Å². The van der Waals surface area contributed by atoms with Gasteiger partial charge in [0.15, 0.2) is 0 Å². The Balaban J connectivity index is 2.10. The van der Waals surface area contributed by atoms with Crippen molar-refractivity contribution in [2.24, 2.45) is 5.73 Å². The van der Waals surface area contributed by atoms with Crippen LogP contribution in [0.15, 0.2) is 60.7 Å². The molecule has 5 N–H and O–H groups in total. The van der Waals surface area contributed by atoms with Crippen molar-refractivity contribution in [1.29, 1.82) is 0 Å². The summed E-state index contributed by atoms with van der Waals surface area (Å²) in [5.74, 6) is -2.35. The zero-order valence-corrected chi connectivity index (χ0v) is 16.7. The van der Waals surface area contributed by atoms with Gasteiger partial charge in [0.05, 0.1) is 6.04 Å². The minimum absolute atomic E-state index is 0.0689. The monoisotopic (exact) mass is 415 g/mol. The molecule has 29 heavy (non-hydrogen) atoms. The molecule has 0 aromatic heterocycles. The molecule has 2 amide bonds. The van der Waals surface area contributed by atoms with Gasteiger partial charge in [0.1, 0.15) is 12.1 Å². The molecule has 2 aromatic rings. The molecule has 0 fully saturated rings. The molecule has 0 saturated heterocycles. The molecule has 0 aliphatic carbocycles. The van der Waals surface area contributed by atoms with Crippen molar-refractivity contribution in [2.45, 2.75) is 31.0 Å². The molecule has 8 heteroatoms. The number of thiol groups is 1. The maximum atomic E-state index is 12.7. The van der Waals surface area contributed by atoms with Crippen molar-refractivity contribution in [3.63, 3.8) is 0 Å². The average molecular weight is 416 g/mol. The zero-order chi connectivity index (χ0) is 21.2. The van der Waals surface area contributed by atoms with Gasteiger partial charge in [-0.05, 0) is 17.5 Å². The van der Waals surface area contributed by atoms with Crippen molar-refractivity contribution in [3.05, 3.63) is 71.8 Å². The fourth-order valence-corrected chi connectivity index (χ4v) is 3.00. The summed E-state index contributed by atoms with van der Waals surface area (Å²) in [6.45, 7) is 0. The third-order valence-corrected chi connectivity index (χ3v) is 4.71. The summed E-state index contributed by atoms with van der Waals surface area (Å²) in [6.07, 6.45) is 0.524. The molecule has 2 aromatic carbocycles. The fraction of sp³-hybridized carbons (Fsp3) is 0.286. The van der Waals surface area contributed by atoms with E-state index in [-0.39, 0.29) is 12.2 Å². The van der Waals surface area contributed by atoms with Crippen LogP contribution in [-0.4, -0.2) is 46.8 Å². The predicted molar refractivity (Wildman–Crippen MR) is 114 cm³/mol. The van der Waals surface area contributed by atoms with Crippen molar-refractivity contribution in [2.75, 3.05) is 5.75 Å². The van der Waals surface area contributed by atoms with E-state index in [0.29, 0.717) is 6.42 Å². The number of carbonyl (C=O) groups excluding carboxylic acids is 2. The molecule has 0 unspecified atom stereocenters. The second-order valence-corrected chi connectivity index (χ2v) is 6.99. The number of benzene rings is 2. The quantitative estimate of drug-likeness (QED) is 0.367. The minimum atomic E-state index is -1.20. The third kappa shape index (κ3) is 7.24. The topological polar surface area (TPSA) is 122 Å². The van der Waals surface area contributed by atoms with Gasteiger partial charge in [-0.3, -0.25) is 9.59 Å². The van der Waals surface area contributed by atoms with Crippen LogP contribution in [-0.2, 0) is 27.2 Å². The smallest absolute Gasteiger partial charge is 0.327 e. The second kappa shape index (κ2) is 11.2. The van der Waals surface area contributed by atoms with Crippen LogP contribution >= 0.6 is 12.6 Å². The van der Waals surface area contributed by atoms with Gasteiger partial charge in [-0.15, -0.1) is 0 Å². The summed E-state index contributed by atoms with van der Waals surface area (Å²) < 4.78 is 0. The maximum Gasteiger partial charge on any atom is 0.327 e. The number of carboxylic acid groups (broad SMARTS) is 1. The summed E-state index contributed by atoms with van der Waals surface area (Å²) in [6, 6.07) is 15.5. The first-order chi connectivity index (χ1) is 13.9. The maximum absolute atomic E-state index is 12.7. The molecule has 0 aliphatic heterocycles. The van der Waals surface area contributed by atoms with Gasteiger partial charge in [0.25, 0.3) is 0 Å². The van der Waals surface area contributed by atoms with Crippen molar-refractivity contribution < 1.29 is 19.5 Å². The summed E-state index contributed by atoms with van der Waals surface area (Å²) in [5, 5.41) is 14.2. The summed E-state index contributed by atoms with van der Waals surface area (Å²) in [4.78, 5) is 36.5. The predicted octanol–water partition coefficient (Wildman–Crippen LogP) is 0.783. The van der Waals surface area contributed by atoms with Crippen molar-refractivity contribution in [3.8, 4) is 0 Å². The molecule has 7 nitrogen and oxygen atoms in total. The molecule has 0 aliphatic rings. The molecular formula is C21H25N3O4S. The molecule has 0 bridgehead atoms. The standard InChI is InChI=1S/C21H25N3O4S/c22-16(11-14-7-3-1-4-8-14)19(25)23-17(12-15-9-5-2-6-10-15)20(26)24-18(13-29)21(27)28/h1-10,16-18,29H,11-13,22H2,(H,23,25)(H,24,26)(H,27,28)/t16-,17-,18-/m1/s1. The van der Waals surface area contributed by atoms with Crippen LogP contribution in [0.4, 0.5) is 0 Å². The first-order valence-corrected chi connectivity index (χ1v) is 9.81. The molecule has 3 atom stereocenters. The van der Waals surface area contributed by atoms with E-state index in [9.17, 15) is 14.4 Å². The third-order valence-electron chi connectivity index (χ3n) is 4.35. The van der Waals surface area contributed by atoms with E-state index >= 15 is 0 Å². The number of nitrogens with one attached hydrogen (secondary N) is 2. The number of carbonyl (C=O) groups is 3. The van der Waals surface area contributed by atoms with Crippen LogP contribution in [0.5, 0.6) is 0 Å². The Morgan fingerprint density at radius 3 is 1.79 bits per heavy atom. The Morgan fingerprint density at radius 2 is 1.31 bits per heavy atom. The van der Waals surface area contributed by atoms with Crippen LogP contribution < -0.4 is 16.4 Å². The van der Waals surface area contributed by atoms with Gasteiger partial charge in [-0.25, -0.2) is 4.79 Å². The lowest BCUT2D eigenvalue weighted by Gasteiger charge is -2.22. The van der Waals surface area contributed by atoms with E-state index in [1.807, 2.05) is 60.7 Å². The highest BCUT2D eigenvalue weighted by molar-refractivity contribution is 7.80. The lowest BCUT2D eigenvalue weighted by Crippen LogP contribution is -2.55. The summed E-state index contributed by atoms with van der Waals surface area (Å²) in [7, 11) is 0. The van der Waals surface area contributed by atoms with Crippen LogP contribution in [0.2, 0.25) is 0 Å².